The van der Waals surface area contributed by atoms with Gasteiger partial charge in [0, 0.05) is 17.3 Å². The van der Waals surface area contributed by atoms with Crippen LogP contribution in [0.15, 0.2) is 11.6 Å². The highest BCUT2D eigenvalue weighted by atomic mass is 16.7. The number of carbonyl (C=O) groups is 2. The molecule has 2 saturated carbocycles. The van der Waals surface area contributed by atoms with E-state index in [1.165, 1.54) is 13.0 Å². The summed E-state index contributed by atoms with van der Waals surface area (Å²) in [4.78, 5) is 25.0. The first kappa shape index (κ1) is 19.6. The predicted octanol–water partition coefficient (Wildman–Crippen LogP) is -1.75. The molecule has 29 heavy (non-hydrogen) atoms. The number of carbonyl (C=O) groups excluding carboxylic acids is 2. The third kappa shape index (κ3) is 1.73. The maximum absolute atomic E-state index is 12.6. The number of hydrogen-bond acceptors (Lipinski definition) is 9. The number of aliphatic hydroxyl groups excluding tert-OH is 3. The Morgan fingerprint density at radius 1 is 1.14 bits per heavy atom. The molecule has 0 unspecified atom stereocenters. The first-order valence-electron chi connectivity index (χ1n) is 9.93. The number of rotatable bonds is 0. The predicted molar refractivity (Wildman–Crippen MR) is 93.8 cm³/mol. The lowest BCUT2D eigenvalue weighted by molar-refractivity contribution is -0.375. The fraction of sp³-hybridized carbons (Fsp3) is 0.800. The SMILES string of the molecule is CC1=CC(=O)[C@@H](O)[C@]2(C)[C@H]3[C@@]4(O)OC[C@@]35[C@@H](C[C@@H]12)OC(=O)[C@@H](O)[C@@]5(O)[C@@H](C)[C@H]4O. The van der Waals surface area contributed by atoms with Gasteiger partial charge in [0.05, 0.1) is 12.0 Å². The summed E-state index contributed by atoms with van der Waals surface area (Å²) >= 11 is 0. The van der Waals surface area contributed by atoms with Crippen LogP contribution < -0.4 is 0 Å². The van der Waals surface area contributed by atoms with Gasteiger partial charge in [0.25, 0.3) is 0 Å². The van der Waals surface area contributed by atoms with Crippen molar-refractivity contribution in [2.24, 2.45) is 28.6 Å². The van der Waals surface area contributed by atoms with Crippen molar-refractivity contribution in [1.29, 1.82) is 0 Å². The first-order valence-corrected chi connectivity index (χ1v) is 9.93. The number of fused-ring (bicyclic) bond motifs is 1. The number of allylic oxidation sites excluding steroid dienone is 1. The minimum atomic E-state index is -2.19. The summed E-state index contributed by atoms with van der Waals surface area (Å²) in [6.45, 7) is 4.49. The molecule has 2 heterocycles. The Kier molecular flexibility index (Phi) is 3.56. The molecule has 9 nitrogen and oxygen atoms in total. The molecule has 160 valence electrons. The summed E-state index contributed by atoms with van der Waals surface area (Å²) < 4.78 is 11.2. The zero-order valence-electron chi connectivity index (χ0n) is 16.4. The van der Waals surface area contributed by atoms with Crippen molar-refractivity contribution in [1.82, 2.24) is 0 Å². The minimum Gasteiger partial charge on any atom is -0.460 e. The molecule has 3 aliphatic carbocycles. The Hall–Kier alpha value is -1.36. The minimum absolute atomic E-state index is 0.183. The van der Waals surface area contributed by atoms with Crippen molar-refractivity contribution in [2.45, 2.75) is 63.0 Å². The number of ether oxygens (including phenoxy) is 2. The Morgan fingerprint density at radius 3 is 2.45 bits per heavy atom. The van der Waals surface area contributed by atoms with Crippen LogP contribution in [0.5, 0.6) is 0 Å². The van der Waals surface area contributed by atoms with Crippen molar-refractivity contribution in [2.75, 3.05) is 6.61 Å². The number of hydrogen-bond donors (Lipinski definition) is 5. The second kappa shape index (κ2) is 5.27. The van der Waals surface area contributed by atoms with E-state index in [-0.39, 0.29) is 13.0 Å². The van der Waals surface area contributed by atoms with Crippen LogP contribution in [0, 0.1) is 28.6 Å². The van der Waals surface area contributed by atoms with Gasteiger partial charge in [-0.2, -0.15) is 0 Å². The van der Waals surface area contributed by atoms with Gasteiger partial charge in [-0.05, 0) is 25.3 Å². The van der Waals surface area contributed by atoms with E-state index in [2.05, 4.69) is 0 Å². The van der Waals surface area contributed by atoms with E-state index in [1.54, 1.807) is 13.8 Å². The molecule has 4 fully saturated rings. The Balaban J connectivity index is 1.84. The molecule has 5 aliphatic rings. The standard InChI is InChI=1S/C20H26O9/c1-7-4-10(21)13(23)17(3)9(7)5-11-18-6-28-20(27,16(17)18)12(22)8(2)19(18,26)14(24)15(25)29-11/h4,8-9,11-14,16,22-24,26-27H,5-6H2,1-3H3/t8-,9-,11+,12+,13+,14+,16+,17+,18+,19-,20-/m0/s1. The van der Waals surface area contributed by atoms with E-state index >= 15 is 0 Å². The summed E-state index contributed by atoms with van der Waals surface area (Å²) in [5.41, 5.74) is -4.35. The molecular weight excluding hydrogens is 384 g/mol. The molecule has 0 aromatic rings. The van der Waals surface area contributed by atoms with Gasteiger partial charge < -0.3 is 35.0 Å². The molecule has 9 heteroatoms. The molecule has 5 rings (SSSR count). The maximum Gasteiger partial charge on any atom is 0.338 e. The van der Waals surface area contributed by atoms with Gasteiger partial charge in [-0.25, -0.2) is 4.79 Å². The third-order valence-corrected chi connectivity index (χ3v) is 8.88. The van der Waals surface area contributed by atoms with Crippen LogP contribution in [-0.2, 0) is 19.1 Å². The Bertz CT molecular complexity index is 855. The zero-order valence-corrected chi connectivity index (χ0v) is 16.4. The fourth-order valence-electron chi connectivity index (χ4n) is 7.59. The molecule has 0 aromatic carbocycles. The molecular formula is C20H26O9. The summed E-state index contributed by atoms with van der Waals surface area (Å²) in [5.74, 6) is -6.52. The molecule has 1 spiro atoms. The topological polar surface area (TPSA) is 154 Å². The van der Waals surface area contributed by atoms with E-state index in [4.69, 9.17) is 9.47 Å². The largest absolute Gasteiger partial charge is 0.460 e. The van der Waals surface area contributed by atoms with E-state index < -0.39 is 76.1 Å². The number of aliphatic hydroxyl groups is 5. The van der Waals surface area contributed by atoms with Crippen LogP contribution in [0.2, 0.25) is 0 Å². The van der Waals surface area contributed by atoms with Crippen LogP contribution in [0.1, 0.15) is 27.2 Å². The first-order chi connectivity index (χ1) is 13.4. The average Bonchev–Trinajstić information content (AvgIpc) is 2.98. The van der Waals surface area contributed by atoms with Gasteiger partial charge in [0.2, 0.25) is 0 Å². The van der Waals surface area contributed by atoms with Crippen LogP contribution in [0.4, 0.5) is 0 Å². The van der Waals surface area contributed by atoms with Crippen LogP contribution in [0.3, 0.4) is 0 Å². The zero-order chi connectivity index (χ0) is 21.3. The quantitative estimate of drug-likeness (QED) is 0.293. The third-order valence-electron chi connectivity index (χ3n) is 8.88. The normalized spacial score (nSPS) is 60.8. The summed E-state index contributed by atoms with van der Waals surface area (Å²) in [6.07, 6.45) is -4.56. The van der Waals surface area contributed by atoms with Gasteiger partial charge in [-0.15, -0.1) is 0 Å². The highest BCUT2D eigenvalue weighted by Gasteiger charge is 2.87. The number of esters is 1. The lowest BCUT2D eigenvalue weighted by Gasteiger charge is -2.70. The van der Waals surface area contributed by atoms with Crippen molar-refractivity contribution < 1.29 is 44.6 Å². The molecule has 2 bridgehead atoms. The molecule has 2 aliphatic heterocycles. The van der Waals surface area contributed by atoms with Crippen molar-refractivity contribution in [3.63, 3.8) is 0 Å². The van der Waals surface area contributed by atoms with E-state index in [1.807, 2.05) is 0 Å². The highest BCUT2D eigenvalue weighted by Crippen LogP contribution is 2.74. The highest BCUT2D eigenvalue weighted by molar-refractivity contribution is 5.96. The van der Waals surface area contributed by atoms with Crippen LogP contribution in [-0.4, -0.2) is 79.7 Å². The van der Waals surface area contributed by atoms with Gasteiger partial charge in [0.1, 0.15) is 23.9 Å². The van der Waals surface area contributed by atoms with Gasteiger partial charge >= 0.3 is 5.97 Å². The molecule has 0 amide bonds. The summed E-state index contributed by atoms with van der Waals surface area (Å²) in [5, 5.41) is 56.0. The molecule has 5 N–H and O–H groups in total. The van der Waals surface area contributed by atoms with E-state index in [0.717, 1.165) is 0 Å². The lowest BCUT2D eigenvalue weighted by Crippen LogP contribution is -2.84. The maximum atomic E-state index is 12.6. The van der Waals surface area contributed by atoms with Crippen LogP contribution in [0.25, 0.3) is 0 Å². The Labute approximate surface area is 166 Å². The number of ketones is 1. The van der Waals surface area contributed by atoms with Crippen molar-refractivity contribution in [3.05, 3.63) is 11.6 Å². The van der Waals surface area contributed by atoms with Gasteiger partial charge in [-0.3, -0.25) is 4.79 Å². The lowest BCUT2D eigenvalue weighted by atomic mass is 9.36. The van der Waals surface area contributed by atoms with Crippen molar-refractivity contribution in [3.8, 4) is 0 Å². The Morgan fingerprint density at radius 2 is 1.79 bits per heavy atom. The molecule has 11 atom stereocenters. The fourth-order valence-corrected chi connectivity index (χ4v) is 7.59. The smallest absolute Gasteiger partial charge is 0.338 e. The van der Waals surface area contributed by atoms with Gasteiger partial charge in [0.15, 0.2) is 17.7 Å². The molecule has 0 radical (unpaired) electrons. The van der Waals surface area contributed by atoms with E-state index in [9.17, 15) is 35.1 Å². The summed E-state index contributed by atoms with van der Waals surface area (Å²) in [7, 11) is 0. The van der Waals surface area contributed by atoms with Crippen LogP contribution >= 0.6 is 0 Å². The second-order valence-corrected chi connectivity index (χ2v) is 9.75. The van der Waals surface area contributed by atoms with E-state index in [0.29, 0.717) is 5.57 Å². The van der Waals surface area contributed by atoms with Crippen molar-refractivity contribution >= 4 is 11.8 Å². The second-order valence-electron chi connectivity index (χ2n) is 9.75. The monoisotopic (exact) mass is 410 g/mol. The summed E-state index contributed by atoms with van der Waals surface area (Å²) in [6, 6.07) is 0. The molecule has 2 saturated heterocycles. The van der Waals surface area contributed by atoms with Gasteiger partial charge in [-0.1, -0.05) is 19.4 Å². The molecule has 0 aromatic heterocycles. The average molecular weight is 410 g/mol.